The zero-order chi connectivity index (χ0) is 12.3. The Morgan fingerprint density at radius 2 is 2.19 bits per heavy atom. The lowest BCUT2D eigenvalue weighted by Gasteiger charge is -2.34. The van der Waals surface area contributed by atoms with Gasteiger partial charge in [-0.15, -0.1) is 0 Å². The highest BCUT2D eigenvalue weighted by molar-refractivity contribution is 9.09. The molecule has 0 N–H and O–H groups in total. The van der Waals surface area contributed by atoms with Gasteiger partial charge in [-0.1, -0.05) is 15.9 Å². The first-order chi connectivity index (χ1) is 7.29. The number of nitrogens with zero attached hydrogens (tertiary/aromatic N) is 1. The predicted octanol–water partition coefficient (Wildman–Crippen LogP) is 1.77. The molecule has 0 aromatic carbocycles. The van der Waals surface area contributed by atoms with Crippen LogP contribution in [0.2, 0.25) is 0 Å². The van der Waals surface area contributed by atoms with Crippen molar-refractivity contribution < 1.29 is 14.3 Å². The molecule has 0 aromatic rings. The molecule has 0 spiro atoms. The van der Waals surface area contributed by atoms with Crippen LogP contribution >= 0.6 is 15.9 Å². The lowest BCUT2D eigenvalue weighted by Crippen LogP contribution is -2.48. The molecular weight excluding hydrogens is 274 g/mol. The van der Waals surface area contributed by atoms with Crippen molar-refractivity contribution in [2.45, 2.75) is 44.4 Å². The number of hydrogen-bond acceptors (Lipinski definition) is 4. The minimum absolute atomic E-state index is 0.163. The molecule has 0 radical (unpaired) electrons. The van der Waals surface area contributed by atoms with Crippen LogP contribution in [0.15, 0.2) is 0 Å². The lowest BCUT2D eigenvalue weighted by atomic mass is 10.2. The molecule has 1 aliphatic heterocycles. The van der Waals surface area contributed by atoms with Crippen molar-refractivity contribution in [1.29, 1.82) is 0 Å². The number of alkyl halides is 1. The number of carbonyl (C=O) groups excluding carboxylic acids is 1. The molecule has 0 amide bonds. The van der Waals surface area contributed by atoms with Crippen molar-refractivity contribution in [2.24, 2.45) is 0 Å². The van der Waals surface area contributed by atoms with Gasteiger partial charge in [0.05, 0.1) is 12.7 Å². The van der Waals surface area contributed by atoms with Gasteiger partial charge in [0.15, 0.2) is 4.95 Å². The molecule has 1 saturated heterocycles. The smallest absolute Gasteiger partial charge is 0.335 e. The van der Waals surface area contributed by atoms with Crippen LogP contribution in [0.4, 0.5) is 0 Å². The molecule has 1 rings (SSSR count). The monoisotopic (exact) mass is 293 g/mol. The summed E-state index contributed by atoms with van der Waals surface area (Å²) in [5, 5.41) is 0. The van der Waals surface area contributed by atoms with E-state index in [9.17, 15) is 4.79 Å². The number of halogens is 1. The van der Waals surface area contributed by atoms with Gasteiger partial charge in [-0.3, -0.25) is 4.90 Å². The SMILES string of the molecule is CC1CN(C(Br)C(=O)OC(C)(C)C)CCO1. The van der Waals surface area contributed by atoms with Crippen molar-refractivity contribution in [2.75, 3.05) is 19.7 Å². The zero-order valence-electron chi connectivity index (χ0n) is 10.3. The second-order valence-corrected chi connectivity index (χ2v) is 5.91. The highest BCUT2D eigenvalue weighted by Gasteiger charge is 2.30. The van der Waals surface area contributed by atoms with Gasteiger partial charge in [0, 0.05) is 13.1 Å². The Labute approximate surface area is 105 Å². The number of rotatable bonds is 2. The van der Waals surface area contributed by atoms with Gasteiger partial charge in [-0.25, -0.2) is 4.79 Å². The fourth-order valence-electron chi connectivity index (χ4n) is 1.55. The molecule has 0 saturated carbocycles. The normalized spacial score (nSPS) is 25.2. The number of esters is 1. The Kier molecular flexibility index (Phi) is 4.76. The topological polar surface area (TPSA) is 38.8 Å². The first kappa shape index (κ1) is 13.9. The minimum Gasteiger partial charge on any atom is -0.458 e. The number of morpholine rings is 1. The third kappa shape index (κ3) is 4.39. The molecule has 4 nitrogen and oxygen atoms in total. The maximum Gasteiger partial charge on any atom is 0.335 e. The summed E-state index contributed by atoms with van der Waals surface area (Å²) in [6.45, 7) is 9.76. The molecule has 2 atom stereocenters. The average Bonchev–Trinajstić information content (AvgIpc) is 2.14. The van der Waals surface area contributed by atoms with Crippen LogP contribution in [0.3, 0.4) is 0 Å². The number of carbonyl (C=O) groups is 1. The molecule has 5 heteroatoms. The fourth-order valence-corrected chi connectivity index (χ4v) is 2.02. The summed E-state index contributed by atoms with van der Waals surface area (Å²) in [7, 11) is 0. The molecule has 2 unspecified atom stereocenters. The highest BCUT2D eigenvalue weighted by atomic mass is 79.9. The quantitative estimate of drug-likeness (QED) is 0.442. The largest absolute Gasteiger partial charge is 0.458 e. The Balaban J connectivity index is 2.49. The molecular formula is C11H20BrNO3. The summed E-state index contributed by atoms with van der Waals surface area (Å²) >= 11 is 3.38. The first-order valence-electron chi connectivity index (χ1n) is 5.52. The van der Waals surface area contributed by atoms with Crippen molar-refractivity contribution in [3.05, 3.63) is 0 Å². The van der Waals surface area contributed by atoms with Crippen LogP contribution in [0.1, 0.15) is 27.7 Å². The molecule has 1 fully saturated rings. The summed E-state index contributed by atoms with van der Waals surface area (Å²) in [6, 6.07) is 0. The van der Waals surface area contributed by atoms with Crippen molar-refractivity contribution >= 4 is 21.9 Å². The van der Waals surface area contributed by atoms with Crippen LogP contribution < -0.4 is 0 Å². The molecule has 16 heavy (non-hydrogen) atoms. The first-order valence-corrected chi connectivity index (χ1v) is 6.44. The van der Waals surface area contributed by atoms with Gasteiger partial charge >= 0.3 is 5.97 Å². The minimum atomic E-state index is -0.443. The zero-order valence-corrected chi connectivity index (χ0v) is 11.9. The van der Waals surface area contributed by atoms with E-state index >= 15 is 0 Å². The molecule has 1 heterocycles. The molecule has 1 aliphatic rings. The summed E-state index contributed by atoms with van der Waals surface area (Å²) in [5.41, 5.74) is -0.443. The predicted molar refractivity (Wildman–Crippen MR) is 65.5 cm³/mol. The second-order valence-electron chi connectivity index (χ2n) is 5.05. The molecule has 0 bridgehead atoms. The van der Waals surface area contributed by atoms with Gasteiger partial charge in [0.1, 0.15) is 5.60 Å². The second kappa shape index (κ2) is 5.47. The van der Waals surface area contributed by atoms with E-state index in [0.29, 0.717) is 6.61 Å². The van der Waals surface area contributed by atoms with E-state index in [1.807, 2.05) is 32.6 Å². The fraction of sp³-hybridized carbons (Fsp3) is 0.909. The summed E-state index contributed by atoms with van der Waals surface area (Å²) < 4.78 is 10.7. The van der Waals surface area contributed by atoms with E-state index < -0.39 is 5.60 Å². The third-order valence-corrected chi connectivity index (χ3v) is 3.15. The Morgan fingerprint density at radius 3 is 2.69 bits per heavy atom. The molecule has 94 valence electrons. The Morgan fingerprint density at radius 1 is 1.56 bits per heavy atom. The van der Waals surface area contributed by atoms with Gasteiger partial charge in [-0.2, -0.15) is 0 Å². The van der Waals surface area contributed by atoms with Crippen molar-refractivity contribution in [3.63, 3.8) is 0 Å². The van der Waals surface area contributed by atoms with Crippen molar-refractivity contribution in [1.82, 2.24) is 4.90 Å². The Hall–Kier alpha value is -0.130. The maximum absolute atomic E-state index is 11.8. The van der Waals surface area contributed by atoms with E-state index in [2.05, 4.69) is 15.9 Å². The van der Waals surface area contributed by atoms with E-state index in [4.69, 9.17) is 9.47 Å². The molecule has 0 aliphatic carbocycles. The maximum atomic E-state index is 11.8. The van der Waals surface area contributed by atoms with Crippen LogP contribution in [0.5, 0.6) is 0 Å². The molecule has 0 aromatic heterocycles. The van der Waals surface area contributed by atoms with E-state index in [1.165, 1.54) is 0 Å². The standard InChI is InChI=1S/C11H20BrNO3/c1-8-7-13(5-6-15-8)9(12)10(14)16-11(2,3)4/h8-9H,5-7H2,1-4H3. The van der Waals surface area contributed by atoms with E-state index in [1.54, 1.807) is 0 Å². The average molecular weight is 294 g/mol. The van der Waals surface area contributed by atoms with Gasteiger partial charge < -0.3 is 9.47 Å². The summed E-state index contributed by atoms with van der Waals surface area (Å²) in [5.74, 6) is -0.235. The lowest BCUT2D eigenvalue weighted by molar-refractivity contribution is -0.159. The number of ether oxygens (including phenoxy) is 2. The van der Waals surface area contributed by atoms with Crippen LogP contribution in [0.25, 0.3) is 0 Å². The van der Waals surface area contributed by atoms with Crippen LogP contribution in [-0.2, 0) is 14.3 Å². The van der Waals surface area contributed by atoms with E-state index in [0.717, 1.165) is 13.1 Å². The summed E-state index contributed by atoms with van der Waals surface area (Å²) in [4.78, 5) is 13.5. The van der Waals surface area contributed by atoms with Gasteiger partial charge in [0.2, 0.25) is 0 Å². The van der Waals surface area contributed by atoms with Crippen LogP contribution in [-0.4, -0.2) is 47.2 Å². The van der Waals surface area contributed by atoms with E-state index in [-0.39, 0.29) is 17.0 Å². The summed E-state index contributed by atoms with van der Waals surface area (Å²) in [6.07, 6.45) is 0.163. The van der Waals surface area contributed by atoms with Gasteiger partial charge in [0.25, 0.3) is 0 Å². The van der Waals surface area contributed by atoms with Gasteiger partial charge in [-0.05, 0) is 27.7 Å². The third-order valence-electron chi connectivity index (χ3n) is 2.19. The highest BCUT2D eigenvalue weighted by Crippen LogP contribution is 2.17. The van der Waals surface area contributed by atoms with Crippen LogP contribution in [0, 0.1) is 0 Å². The Bertz CT molecular complexity index is 252. The number of hydrogen-bond donors (Lipinski definition) is 0. The van der Waals surface area contributed by atoms with Crippen molar-refractivity contribution in [3.8, 4) is 0 Å².